The largest absolute Gasteiger partial charge is 0.0616 e. The highest BCUT2D eigenvalue weighted by molar-refractivity contribution is 6.33. The molecule has 7 aromatic carbocycles. The molecule has 0 saturated carbocycles. The van der Waals surface area contributed by atoms with E-state index in [9.17, 15) is 0 Å². The van der Waals surface area contributed by atoms with Gasteiger partial charge >= 0.3 is 0 Å². The highest BCUT2D eigenvalue weighted by atomic mass is 14.1. The van der Waals surface area contributed by atoms with Gasteiger partial charge in [-0.3, -0.25) is 0 Å². The molecule has 0 heteroatoms. The Morgan fingerprint density at radius 3 is 1.40 bits per heavy atom. The van der Waals surface area contributed by atoms with E-state index in [1.54, 1.807) is 0 Å². The lowest BCUT2D eigenvalue weighted by Gasteiger charge is -2.14. The smallest absolute Gasteiger partial charge is 0.00143 e. The molecule has 0 aromatic heterocycles. The molecular formula is C30H18. The normalized spacial score (nSPS) is 12.0. The van der Waals surface area contributed by atoms with Crippen molar-refractivity contribution in [3.63, 3.8) is 0 Å². The van der Waals surface area contributed by atoms with Gasteiger partial charge in [-0.2, -0.15) is 0 Å². The van der Waals surface area contributed by atoms with Crippen LogP contribution in [0.1, 0.15) is 0 Å². The summed E-state index contributed by atoms with van der Waals surface area (Å²) in [5.74, 6) is 0. The second kappa shape index (κ2) is 5.81. The molecular weight excluding hydrogens is 360 g/mol. The van der Waals surface area contributed by atoms with Crippen molar-refractivity contribution in [2.45, 2.75) is 0 Å². The van der Waals surface area contributed by atoms with Gasteiger partial charge in [0, 0.05) is 0 Å². The third-order valence-electron chi connectivity index (χ3n) is 6.59. The minimum Gasteiger partial charge on any atom is -0.0616 e. The van der Waals surface area contributed by atoms with E-state index in [0.717, 1.165) is 0 Å². The molecule has 0 aliphatic carbocycles. The molecule has 30 heavy (non-hydrogen) atoms. The second-order valence-corrected chi connectivity index (χ2v) is 8.16. The molecule has 0 spiro atoms. The van der Waals surface area contributed by atoms with Gasteiger partial charge in [-0.15, -0.1) is 0 Å². The standard InChI is InChI=1S/C30H18/c1-3-7-24-19(5-1)15-18-27-26(24)17-16-22-12-14-23-13-11-21-10-9-20-6-2-4-8-25(20)28(21)30(23)29(22)27/h1-18H. The SMILES string of the molecule is c1ccc2c(c1)ccc1c2ccc2ccc3ccc4ccc5ccccc5c4c3c21. The van der Waals surface area contributed by atoms with Crippen LogP contribution in [0.2, 0.25) is 0 Å². The molecule has 0 aliphatic rings. The van der Waals surface area contributed by atoms with Crippen molar-refractivity contribution < 1.29 is 0 Å². The van der Waals surface area contributed by atoms with Crippen molar-refractivity contribution in [1.29, 1.82) is 0 Å². The van der Waals surface area contributed by atoms with Gasteiger partial charge in [0.15, 0.2) is 0 Å². The van der Waals surface area contributed by atoms with Crippen LogP contribution in [0.4, 0.5) is 0 Å². The summed E-state index contributed by atoms with van der Waals surface area (Å²) in [7, 11) is 0. The van der Waals surface area contributed by atoms with Gasteiger partial charge in [0.25, 0.3) is 0 Å². The van der Waals surface area contributed by atoms with Crippen LogP contribution in [-0.4, -0.2) is 0 Å². The fourth-order valence-electron chi connectivity index (χ4n) is 5.22. The van der Waals surface area contributed by atoms with Crippen LogP contribution >= 0.6 is 0 Å². The molecule has 7 rings (SSSR count). The van der Waals surface area contributed by atoms with Crippen molar-refractivity contribution in [1.82, 2.24) is 0 Å². The zero-order valence-electron chi connectivity index (χ0n) is 16.4. The average Bonchev–Trinajstić information content (AvgIpc) is 2.82. The summed E-state index contributed by atoms with van der Waals surface area (Å²) >= 11 is 0. The number of rotatable bonds is 0. The van der Waals surface area contributed by atoms with Crippen molar-refractivity contribution >= 4 is 64.6 Å². The predicted octanol–water partition coefficient (Wildman–Crippen LogP) is 8.61. The lowest BCUT2D eigenvalue weighted by atomic mass is 9.89. The Kier molecular flexibility index (Phi) is 3.09. The van der Waals surface area contributed by atoms with Gasteiger partial charge < -0.3 is 0 Å². The monoisotopic (exact) mass is 378 g/mol. The maximum absolute atomic E-state index is 2.31. The summed E-state index contributed by atoms with van der Waals surface area (Å²) in [6.45, 7) is 0. The van der Waals surface area contributed by atoms with E-state index in [1.165, 1.54) is 64.6 Å². The molecule has 138 valence electrons. The second-order valence-electron chi connectivity index (χ2n) is 8.16. The summed E-state index contributed by atoms with van der Waals surface area (Å²) in [6, 6.07) is 40.1. The van der Waals surface area contributed by atoms with E-state index < -0.39 is 0 Å². The molecule has 7 aromatic rings. The fraction of sp³-hybridized carbons (Fsp3) is 0. The van der Waals surface area contributed by atoms with Crippen molar-refractivity contribution in [2.75, 3.05) is 0 Å². The average molecular weight is 378 g/mol. The third kappa shape index (κ3) is 2.06. The van der Waals surface area contributed by atoms with Gasteiger partial charge in [0.2, 0.25) is 0 Å². The van der Waals surface area contributed by atoms with Crippen LogP contribution in [0.5, 0.6) is 0 Å². The Balaban J connectivity index is 1.84. The molecule has 0 N–H and O–H groups in total. The maximum Gasteiger partial charge on any atom is -0.00143 e. The number of fused-ring (bicyclic) bond motifs is 11. The molecule has 0 unspecified atom stereocenters. The molecule has 0 aliphatic heterocycles. The highest BCUT2D eigenvalue weighted by Gasteiger charge is 2.12. The topological polar surface area (TPSA) is 0 Å². The van der Waals surface area contributed by atoms with E-state index in [1.807, 2.05) is 0 Å². The summed E-state index contributed by atoms with van der Waals surface area (Å²) in [4.78, 5) is 0. The first kappa shape index (κ1) is 16.0. The number of hydrogen-bond acceptors (Lipinski definition) is 0. The van der Waals surface area contributed by atoms with Gasteiger partial charge in [-0.25, -0.2) is 0 Å². The van der Waals surface area contributed by atoms with Gasteiger partial charge in [-0.05, 0) is 64.6 Å². The minimum absolute atomic E-state index is 1.29. The van der Waals surface area contributed by atoms with Gasteiger partial charge in [-0.1, -0.05) is 109 Å². The third-order valence-corrected chi connectivity index (χ3v) is 6.59. The molecule has 0 amide bonds. The number of hydrogen-bond donors (Lipinski definition) is 0. The Bertz CT molecular complexity index is 1780. The van der Waals surface area contributed by atoms with E-state index in [2.05, 4.69) is 109 Å². The predicted molar refractivity (Wildman–Crippen MR) is 131 cm³/mol. The van der Waals surface area contributed by atoms with Crippen LogP contribution in [0, 0.1) is 0 Å². The van der Waals surface area contributed by atoms with E-state index >= 15 is 0 Å². The van der Waals surface area contributed by atoms with Gasteiger partial charge in [0.05, 0.1) is 0 Å². The van der Waals surface area contributed by atoms with Crippen LogP contribution in [0.3, 0.4) is 0 Å². The van der Waals surface area contributed by atoms with Gasteiger partial charge in [0.1, 0.15) is 0 Å². The van der Waals surface area contributed by atoms with Crippen molar-refractivity contribution in [3.8, 4) is 0 Å². The number of benzene rings is 7. The van der Waals surface area contributed by atoms with Crippen molar-refractivity contribution in [3.05, 3.63) is 109 Å². The molecule has 0 atom stereocenters. The first-order valence-electron chi connectivity index (χ1n) is 10.5. The molecule has 0 heterocycles. The Labute approximate surface area is 174 Å². The Morgan fingerprint density at radius 1 is 0.233 bits per heavy atom. The van der Waals surface area contributed by atoms with Crippen LogP contribution in [0.15, 0.2) is 109 Å². The summed E-state index contributed by atoms with van der Waals surface area (Å²) in [5.41, 5.74) is 0. The maximum atomic E-state index is 2.31. The fourth-order valence-corrected chi connectivity index (χ4v) is 5.22. The van der Waals surface area contributed by atoms with Crippen LogP contribution < -0.4 is 0 Å². The first-order valence-corrected chi connectivity index (χ1v) is 10.5. The molecule has 0 radical (unpaired) electrons. The Morgan fingerprint density at radius 2 is 0.667 bits per heavy atom. The molecule has 0 bridgehead atoms. The molecule has 0 fully saturated rings. The van der Waals surface area contributed by atoms with E-state index in [4.69, 9.17) is 0 Å². The van der Waals surface area contributed by atoms with Crippen molar-refractivity contribution in [2.24, 2.45) is 0 Å². The zero-order chi connectivity index (χ0) is 19.7. The lowest BCUT2D eigenvalue weighted by molar-refractivity contribution is 1.78. The van der Waals surface area contributed by atoms with E-state index in [-0.39, 0.29) is 0 Å². The summed E-state index contributed by atoms with van der Waals surface area (Å²) < 4.78 is 0. The quantitative estimate of drug-likeness (QED) is 0.232. The Hall–Kier alpha value is -3.90. The first-order chi connectivity index (χ1) is 14.9. The zero-order valence-corrected chi connectivity index (χ0v) is 16.4. The summed E-state index contributed by atoms with van der Waals surface area (Å²) in [6.07, 6.45) is 0. The molecule has 0 saturated heterocycles. The minimum atomic E-state index is 1.29. The summed E-state index contributed by atoms with van der Waals surface area (Å²) in [5, 5.41) is 15.9. The van der Waals surface area contributed by atoms with Crippen LogP contribution in [0.25, 0.3) is 64.6 Å². The molecule has 0 nitrogen and oxygen atoms in total. The lowest BCUT2D eigenvalue weighted by Crippen LogP contribution is -1.86. The van der Waals surface area contributed by atoms with E-state index in [0.29, 0.717) is 0 Å². The van der Waals surface area contributed by atoms with Crippen LogP contribution in [-0.2, 0) is 0 Å². The highest BCUT2D eigenvalue weighted by Crippen LogP contribution is 2.40.